The molecule has 26 heavy (non-hydrogen) atoms. The largest absolute Gasteiger partial charge is 0.359 e. The minimum absolute atomic E-state index is 0. The number of aromatic nitrogens is 1. The van der Waals surface area contributed by atoms with Gasteiger partial charge in [-0.2, -0.15) is 0 Å². The number of hydrogen-bond acceptors (Lipinski definition) is 4. The average molecular weight is 474 g/mol. The van der Waals surface area contributed by atoms with E-state index in [0.29, 0.717) is 12.6 Å². The maximum atomic E-state index is 11.9. The number of carbonyl (C=O) groups excluding carboxylic acids is 1. The van der Waals surface area contributed by atoms with Crippen LogP contribution < -0.4 is 20.9 Å². The predicted octanol–water partition coefficient (Wildman–Crippen LogP) is 1.61. The van der Waals surface area contributed by atoms with E-state index >= 15 is 0 Å². The molecule has 1 aliphatic heterocycles. The van der Waals surface area contributed by atoms with Crippen LogP contribution in [0.4, 0.5) is 5.82 Å². The highest BCUT2D eigenvalue weighted by atomic mass is 127. The van der Waals surface area contributed by atoms with E-state index in [4.69, 9.17) is 0 Å². The first-order valence-electron chi connectivity index (χ1n) is 8.81. The van der Waals surface area contributed by atoms with Crippen molar-refractivity contribution in [1.82, 2.24) is 20.9 Å². The van der Waals surface area contributed by atoms with Gasteiger partial charge in [0.1, 0.15) is 5.82 Å². The Kier molecular flexibility index (Phi) is 9.11. The molecule has 1 saturated heterocycles. The van der Waals surface area contributed by atoms with Gasteiger partial charge in [-0.05, 0) is 38.8 Å². The summed E-state index contributed by atoms with van der Waals surface area (Å²) in [5.74, 6) is 1.79. The van der Waals surface area contributed by atoms with Crippen LogP contribution in [-0.4, -0.2) is 56.6 Å². The zero-order valence-corrected chi connectivity index (χ0v) is 18.4. The first kappa shape index (κ1) is 22.5. The monoisotopic (exact) mass is 474 g/mol. The van der Waals surface area contributed by atoms with Gasteiger partial charge in [-0.25, -0.2) is 4.98 Å². The summed E-state index contributed by atoms with van der Waals surface area (Å²) in [6, 6.07) is 6.38. The lowest BCUT2D eigenvalue weighted by Gasteiger charge is -2.34. The van der Waals surface area contributed by atoms with Gasteiger partial charge in [0.25, 0.3) is 0 Å². The summed E-state index contributed by atoms with van der Waals surface area (Å²) >= 11 is 0. The SMILES string of the molecule is CN=C(NCC(C)(C)C(=O)NC)NC1CCN(c2ccccn2)CC1.I. The first-order valence-corrected chi connectivity index (χ1v) is 8.81. The summed E-state index contributed by atoms with van der Waals surface area (Å²) in [6.45, 7) is 6.29. The summed E-state index contributed by atoms with van der Waals surface area (Å²) in [7, 11) is 3.41. The van der Waals surface area contributed by atoms with E-state index in [2.05, 4.69) is 36.9 Å². The fourth-order valence-electron chi connectivity index (χ4n) is 2.91. The molecule has 1 amide bonds. The summed E-state index contributed by atoms with van der Waals surface area (Å²) in [5.41, 5.74) is -0.491. The molecule has 0 aromatic carbocycles. The van der Waals surface area contributed by atoms with E-state index in [1.54, 1.807) is 14.1 Å². The zero-order valence-electron chi connectivity index (χ0n) is 16.1. The van der Waals surface area contributed by atoms with E-state index < -0.39 is 5.41 Å². The van der Waals surface area contributed by atoms with Crippen LogP contribution in [0, 0.1) is 5.41 Å². The second-order valence-corrected chi connectivity index (χ2v) is 6.98. The minimum Gasteiger partial charge on any atom is -0.359 e. The van der Waals surface area contributed by atoms with E-state index in [0.717, 1.165) is 37.7 Å². The smallest absolute Gasteiger partial charge is 0.227 e. The summed E-state index contributed by atoms with van der Waals surface area (Å²) < 4.78 is 0. The number of hydrogen-bond donors (Lipinski definition) is 3. The molecule has 3 N–H and O–H groups in total. The topological polar surface area (TPSA) is 81.6 Å². The van der Waals surface area contributed by atoms with Crippen molar-refractivity contribution in [3.63, 3.8) is 0 Å². The molecule has 8 heteroatoms. The van der Waals surface area contributed by atoms with Gasteiger partial charge in [0.15, 0.2) is 5.96 Å². The highest BCUT2D eigenvalue weighted by Crippen LogP contribution is 2.17. The van der Waals surface area contributed by atoms with Crippen LogP contribution in [0.5, 0.6) is 0 Å². The Morgan fingerprint density at radius 3 is 2.58 bits per heavy atom. The van der Waals surface area contributed by atoms with E-state index in [9.17, 15) is 4.79 Å². The third-order valence-electron chi connectivity index (χ3n) is 4.57. The Morgan fingerprint density at radius 2 is 2.04 bits per heavy atom. The van der Waals surface area contributed by atoms with Gasteiger partial charge < -0.3 is 20.9 Å². The van der Waals surface area contributed by atoms with Gasteiger partial charge in [0.05, 0.1) is 5.41 Å². The number of nitrogens with one attached hydrogen (secondary N) is 3. The third-order valence-corrected chi connectivity index (χ3v) is 4.57. The molecule has 0 atom stereocenters. The Labute approximate surface area is 173 Å². The normalized spacial score (nSPS) is 15.8. The highest BCUT2D eigenvalue weighted by Gasteiger charge is 2.27. The Balaban J connectivity index is 0.00000338. The lowest BCUT2D eigenvalue weighted by atomic mass is 9.92. The van der Waals surface area contributed by atoms with Crippen molar-refractivity contribution < 1.29 is 4.79 Å². The van der Waals surface area contributed by atoms with Gasteiger partial charge in [-0.3, -0.25) is 9.79 Å². The molecule has 1 aromatic rings. The number of halogens is 1. The van der Waals surface area contributed by atoms with Crippen molar-refractivity contribution in [3.05, 3.63) is 24.4 Å². The summed E-state index contributed by atoms with van der Waals surface area (Å²) in [4.78, 5) is 22.9. The van der Waals surface area contributed by atoms with Crippen LogP contribution in [0.3, 0.4) is 0 Å². The number of guanidine groups is 1. The molecule has 2 rings (SSSR count). The maximum Gasteiger partial charge on any atom is 0.227 e. The number of piperidine rings is 1. The number of carbonyl (C=O) groups is 1. The van der Waals surface area contributed by atoms with Gasteiger partial charge >= 0.3 is 0 Å². The number of rotatable bonds is 5. The molecule has 7 nitrogen and oxygen atoms in total. The van der Waals surface area contributed by atoms with Gasteiger partial charge in [0, 0.05) is 46.0 Å². The number of pyridine rings is 1. The fraction of sp³-hybridized carbons (Fsp3) is 0.611. The van der Waals surface area contributed by atoms with Crippen molar-refractivity contribution in [2.75, 3.05) is 38.6 Å². The molecule has 1 fully saturated rings. The van der Waals surface area contributed by atoms with E-state index in [-0.39, 0.29) is 29.9 Å². The second kappa shape index (κ2) is 10.5. The van der Waals surface area contributed by atoms with Crippen molar-refractivity contribution in [2.45, 2.75) is 32.7 Å². The molecule has 146 valence electrons. The average Bonchev–Trinajstić information content (AvgIpc) is 2.65. The molecule has 0 saturated carbocycles. The predicted molar refractivity (Wildman–Crippen MR) is 117 cm³/mol. The van der Waals surface area contributed by atoms with Gasteiger partial charge in [-0.1, -0.05) is 6.07 Å². The molecule has 0 radical (unpaired) electrons. The molecule has 1 aromatic heterocycles. The maximum absolute atomic E-state index is 11.9. The van der Waals surface area contributed by atoms with Crippen molar-refractivity contribution in [1.29, 1.82) is 0 Å². The van der Waals surface area contributed by atoms with E-state index in [1.165, 1.54) is 0 Å². The summed E-state index contributed by atoms with van der Waals surface area (Å²) in [5, 5.41) is 9.43. The van der Waals surface area contributed by atoms with Crippen LogP contribution in [0.1, 0.15) is 26.7 Å². The second-order valence-electron chi connectivity index (χ2n) is 6.98. The van der Waals surface area contributed by atoms with Gasteiger partial charge in [-0.15, -0.1) is 24.0 Å². The fourth-order valence-corrected chi connectivity index (χ4v) is 2.91. The molecule has 2 heterocycles. The molecular formula is C18H31IN6O. The number of amides is 1. The minimum atomic E-state index is -0.491. The van der Waals surface area contributed by atoms with Crippen molar-refractivity contribution >= 4 is 41.7 Å². The number of anilines is 1. The lowest BCUT2D eigenvalue weighted by molar-refractivity contribution is -0.128. The van der Waals surface area contributed by atoms with E-state index in [1.807, 2.05) is 32.2 Å². The quantitative estimate of drug-likeness (QED) is 0.343. The van der Waals surface area contributed by atoms with Gasteiger partial charge in [0.2, 0.25) is 5.91 Å². The Morgan fingerprint density at radius 1 is 1.35 bits per heavy atom. The standard InChI is InChI=1S/C18H30N6O.HI/c1-18(2,16(25)19-3)13-22-17(20-4)23-14-8-11-24(12-9-14)15-7-5-6-10-21-15;/h5-7,10,14H,8-9,11-13H2,1-4H3,(H,19,25)(H2,20,22,23);1H. The van der Waals surface area contributed by atoms with Crippen LogP contribution in [0.15, 0.2) is 29.4 Å². The van der Waals surface area contributed by atoms with Crippen LogP contribution >= 0.6 is 24.0 Å². The first-order chi connectivity index (χ1) is 12.0. The Hall–Kier alpha value is -1.58. The van der Waals surface area contributed by atoms with Crippen LogP contribution in [0.25, 0.3) is 0 Å². The zero-order chi connectivity index (χ0) is 18.3. The van der Waals surface area contributed by atoms with Crippen LogP contribution in [0.2, 0.25) is 0 Å². The number of aliphatic imine (C=N–C) groups is 1. The molecule has 0 spiro atoms. The van der Waals surface area contributed by atoms with Crippen molar-refractivity contribution in [2.24, 2.45) is 10.4 Å². The lowest BCUT2D eigenvalue weighted by Crippen LogP contribution is -2.51. The molecule has 1 aliphatic rings. The van der Waals surface area contributed by atoms with Crippen LogP contribution in [-0.2, 0) is 4.79 Å². The van der Waals surface area contributed by atoms with Crippen molar-refractivity contribution in [3.8, 4) is 0 Å². The molecule has 0 aliphatic carbocycles. The molecule has 0 bridgehead atoms. The number of nitrogens with zero attached hydrogens (tertiary/aromatic N) is 3. The Bertz CT molecular complexity index is 585. The summed E-state index contributed by atoms with van der Waals surface area (Å²) in [6.07, 6.45) is 3.88. The molecule has 0 unspecified atom stereocenters. The third kappa shape index (κ3) is 6.30. The molecular weight excluding hydrogens is 443 g/mol. The highest BCUT2D eigenvalue weighted by molar-refractivity contribution is 14.0.